The van der Waals surface area contributed by atoms with Crippen LogP contribution in [0.2, 0.25) is 0 Å². The first kappa shape index (κ1) is 16.5. The Balaban J connectivity index is 1.54. The van der Waals surface area contributed by atoms with Crippen molar-refractivity contribution in [2.45, 2.75) is 6.42 Å². The largest absolute Gasteiger partial charge is 0.497 e. The van der Waals surface area contributed by atoms with Gasteiger partial charge in [-0.3, -0.25) is 9.59 Å². The van der Waals surface area contributed by atoms with E-state index in [1.54, 1.807) is 47.6 Å². The summed E-state index contributed by atoms with van der Waals surface area (Å²) in [6.07, 6.45) is 0.449. The third-order valence-electron chi connectivity index (χ3n) is 4.16. The van der Waals surface area contributed by atoms with E-state index >= 15 is 0 Å². The number of hydrogen-bond acceptors (Lipinski definition) is 4. The smallest absolute Gasteiger partial charge is 0.253 e. The number of benzene rings is 1. The van der Waals surface area contributed by atoms with E-state index in [0.717, 1.165) is 10.6 Å². The molecule has 6 heteroatoms. The Kier molecular flexibility index (Phi) is 5.15. The Morgan fingerprint density at radius 2 is 1.71 bits per heavy atom. The summed E-state index contributed by atoms with van der Waals surface area (Å²) in [5, 5.41) is 1.98. The molecule has 1 aromatic heterocycles. The molecule has 1 aliphatic heterocycles. The van der Waals surface area contributed by atoms with Crippen molar-refractivity contribution in [1.29, 1.82) is 0 Å². The van der Waals surface area contributed by atoms with Gasteiger partial charge in [-0.05, 0) is 35.7 Å². The lowest BCUT2D eigenvalue weighted by Crippen LogP contribution is -2.50. The van der Waals surface area contributed by atoms with Gasteiger partial charge >= 0.3 is 0 Å². The number of methoxy groups -OCH3 is 1. The maximum Gasteiger partial charge on any atom is 0.253 e. The fraction of sp³-hybridized carbons (Fsp3) is 0.333. The van der Waals surface area contributed by atoms with E-state index in [9.17, 15) is 9.59 Å². The Morgan fingerprint density at radius 1 is 1.04 bits per heavy atom. The van der Waals surface area contributed by atoms with Crippen molar-refractivity contribution in [2.75, 3.05) is 33.3 Å². The maximum atomic E-state index is 12.5. The Labute approximate surface area is 145 Å². The molecule has 2 heterocycles. The molecule has 0 saturated carbocycles. The van der Waals surface area contributed by atoms with Crippen LogP contribution in [0.5, 0.6) is 5.75 Å². The number of piperazine rings is 1. The van der Waals surface area contributed by atoms with Crippen LogP contribution in [0.3, 0.4) is 0 Å². The molecule has 3 rings (SSSR count). The predicted molar refractivity (Wildman–Crippen MR) is 93.5 cm³/mol. The summed E-state index contributed by atoms with van der Waals surface area (Å²) < 4.78 is 5.11. The number of hydrogen-bond donors (Lipinski definition) is 0. The van der Waals surface area contributed by atoms with Gasteiger partial charge in [-0.1, -0.05) is 6.07 Å². The van der Waals surface area contributed by atoms with Crippen LogP contribution >= 0.6 is 11.3 Å². The average molecular weight is 344 g/mol. The molecular formula is C18H20N2O3S. The van der Waals surface area contributed by atoms with Crippen LogP contribution in [-0.4, -0.2) is 54.9 Å². The molecule has 0 aliphatic carbocycles. The number of amides is 2. The van der Waals surface area contributed by atoms with Gasteiger partial charge in [0.2, 0.25) is 5.91 Å². The molecule has 0 atom stereocenters. The van der Waals surface area contributed by atoms with Gasteiger partial charge in [0, 0.05) is 36.6 Å². The quantitative estimate of drug-likeness (QED) is 0.855. The van der Waals surface area contributed by atoms with E-state index in [4.69, 9.17) is 4.74 Å². The fourth-order valence-electron chi connectivity index (χ4n) is 2.75. The van der Waals surface area contributed by atoms with E-state index in [1.165, 1.54) is 0 Å². The normalized spacial score (nSPS) is 14.5. The zero-order chi connectivity index (χ0) is 16.9. The highest BCUT2D eigenvalue weighted by Gasteiger charge is 2.24. The molecular weight excluding hydrogens is 324 g/mol. The van der Waals surface area contributed by atoms with Gasteiger partial charge in [0.25, 0.3) is 5.91 Å². The molecule has 126 valence electrons. The molecule has 1 aliphatic rings. The fourth-order valence-corrected chi connectivity index (χ4v) is 3.44. The lowest BCUT2D eigenvalue weighted by molar-refractivity contribution is -0.131. The van der Waals surface area contributed by atoms with Gasteiger partial charge in [-0.2, -0.15) is 0 Å². The Bertz CT molecular complexity index is 690. The molecule has 2 amide bonds. The van der Waals surface area contributed by atoms with Crippen LogP contribution in [0.15, 0.2) is 41.8 Å². The molecule has 1 fully saturated rings. The lowest BCUT2D eigenvalue weighted by atomic mass is 10.1. The van der Waals surface area contributed by atoms with Crippen molar-refractivity contribution in [3.8, 4) is 5.75 Å². The monoisotopic (exact) mass is 344 g/mol. The van der Waals surface area contributed by atoms with Crippen molar-refractivity contribution < 1.29 is 14.3 Å². The molecule has 0 spiro atoms. The minimum atomic E-state index is 0.00279. The second-order valence-corrected chi connectivity index (χ2v) is 6.69. The van der Waals surface area contributed by atoms with Gasteiger partial charge in [-0.15, -0.1) is 11.3 Å². The minimum Gasteiger partial charge on any atom is -0.497 e. The predicted octanol–water partition coefficient (Wildman–Crippen LogP) is 2.28. The molecule has 24 heavy (non-hydrogen) atoms. The van der Waals surface area contributed by atoms with E-state index in [2.05, 4.69) is 0 Å². The first-order valence-electron chi connectivity index (χ1n) is 7.91. The van der Waals surface area contributed by atoms with Crippen LogP contribution < -0.4 is 4.74 Å². The van der Waals surface area contributed by atoms with E-state index in [1.807, 2.05) is 22.4 Å². The van der Waals surface area contributed by atoms with E-state index < -0.39 is 0 Å². The third-order valence-corrected chi connectivity index (χ3v) is 5.04. The minimum absolute atomic E-state index is 0.00279. The van der Waals surface area contributed by atoms with Crippen molar-refractivity contribution in [3.63, 3.8) is 0 Å². The van der Waals surface area contributed by atoms with E-state index in [-0.39, 0.29) is 11.8 Å². The van der Waals surface area contributed by atoms with Crippen molar-refractivity contribution in [1.82, 2.24) is 9.80 Å². The summed E-state index contributed by atoms with van der Waals surface area (Å²) >= 11 is 1.60. The van der Waals surface area contributed by atoms with Gasteiger partial charge in [0.1, 0.15) is 5.75 Å². The van der Waals surface area contributed by atoms with Gasteiger partial charge in [0.15, 0.2) is 0 Å². The van der Waals surface area contributed by atoms with E-state index in [0.29, 0.717) is 38.2 Å². The summed E-state index contributed by atoms with van der Waals surface area (Å²) in [5.41, 5.74) is 0.647. The van der Waals surface area contributed by atoms with Crippen LogP contribution in [0.1, 0.15) is 15.2 Å². The maximum absolute atomic E-state index is 12.5. The lowest BCUT2D eigenvalue weighted by Gasteiger charge is -2.34. The highest BCUT2D eigenvalue weighted by atomic mass is 32.1. The number of ether oxygens (including phenoxy) is 1. The number of carbonyl (C=O) groups excluding carboxylic acids is 2. The molecule has 1 aromatic carbocycles. The zero-order valence-corrected chi connectivity index (χ0v) is 14.4. The second kappa shape index (κ2) is 7.49. The molecule has 2 aromatic rings. The molecule has 0 unspecified atom stereocenters. The molecule has 0 N–H and O–H groups in total. The summed E-state index contributed by atoms with van der Waals surface area (Å²) in [7, 11) is 1.60. The van der Waals surface area contributed by atoms with Crippen LogP contribution in [0.25, 0.3) is 0 Å². The summed E-state index contributed by atoms with van der Waals surface area (Å²) in [6, 6.07) is 11.1. The number of rotatable bonds is 4. The van der Waals surface area contributed by atoms with Crippen molar-refractivity contribution in [2.24, 2.45) is 0 Å². The van der Waals surface area contributed by atoms with Gasteiger partial charge < -0.3 is 14.5 Å². The molecule has 0 radical (unpaired) electrons. The summed E-state index contributed by atoms with van der Waals surface area (Å²) in [4.78, 5) is 29.5. The summed E-state index contributed by atoms with van der Waals surface area (Å²) in [6.45, 7) is 2.32. The molecule has 0 bridgehead atoms. The standard InChI is InChI=1S/C18H20N2O3S/c1-23-15-6-4-14(5-7-15)18(22)20-10-8-19(9-11-20)17(21)13-16-3-2-12-24-16/h2-7,12H,8-11,13H2,1H3. The third kappa shape index (κ3) is 3.76. The van der Waals surface area contributed by atoms with Crippen LogP contribution in [0.4, 0.5) is 0 Å². The van der Waals surface area contributed by atoms with Gasteiger partial charge in [0.05, 0.1) is 13.5 Å². The zero-order valence-electron chi connectivity index (χ0n) is 13.6. The number of carbonyl (C=O) groups is 2. The molecule has 5 nitrogen and oxygen atoms in total. The van der Waals surface area contributed by atoms with Crippen LogP contribution in [-0.2, 0) is 11.2 Å². The topological polar surface area (TPSA) is 49.9 Å². The first-order chi connectivity index (χ1) is 11.7. The highest BCUT2D eigenvalue weighted by molar-refractivity contribution is 7.10. The Hall–Kier alpha value is -2.34. The number of nitrogens with zero attached hydrogens (tertiary/aromatic N) is 2. The highest BCUT2D eigenvalue weighted by Crippen LogP contribution is 2.15. The molecule has 1 saturated heterocycles. The number of thiophene rings is 1. The SMILES string of the molecule is COc1ccc(C(=O)N2CCN(C(=O)Cc3cccs3)CC2)cc1. The Morgan fingerprint density at radius 3 is 2.29 bits per heavy atom. The second-order valence-electron chi connectivity index (χ2n) is 5.66. The van der Waals surface area contributed by atoms with Gasteiger partial charge in [-0.25, -0.2) is 0 Å². The average Bonchev–Trinajstić information content (AvgIpc) is 3.14. The first-order valence-corrected chi connectivity index (χ1v) is 8.79. The van der Waals surface area contributed by atoms with Crippen molar-refractivity contribution in [3.05, 3.63) is 52.2 Å². The summed E-state index contributed by atoms with van der Waals surface area (Å²) in [5.74, 6) is 0.868. The van der Waals surface area contributed by atoms with Crippen LogP contribution in [0, 0.1) is 0 Å². The van der Waals surface area contributed by atoms with Crippen molar-refractivity contribution >= 4 is 23.2 Å².